The molecule has 9 heteroatoms. The largest absolute Gasteiger partial charge is 0.481 e. The summed E-state index contributed by atoms with van der Waals surface area (Å²) in [6.45, 7) is 5.13. The number of esters is 1. The van der Waals surface area contributed by atoms with Gasteiger partial charge in [0.05, 0.1) is 18.1 Å². The van der Waals surface area contributed by atoms with Crippen LogP contribution in [0, 0.1) is 11.3 Å². The van der Waals surface area contributed by atoms with Gasteiger partial charge in [0.15, 0.2) is 0 Å². The summed E-state index contributed by atoms with van der Waals surface area (Å²) in [5.74, 6) is -3.14. The van der Waals surface area contributed by atoms with Gasteiger partial charge < -0.3 is 20.5 Å². The lowest BCUT2D eigenvalue weighted by Gasteiger charge is -2.26. The summed E-state index contributed by atoms with van der Waals surface area (Å²) in [6.07, 6.45) is 1.57. The maximum Gasteiger partial charge on any atom is 0.329 e. The molecule has 0 aliphatic carbocycles. The number of hydrogen-bond acceptors (Lipinski definition) is 6. The van der Waals surface area contributed by atoms with Crippen LogP contribution in [0.2, 0.25) is 0 Å². The van der Waals surface area contributed by atoms with Crippen LogP contribution in [0.5, 0.6) is 0 Å². The minimum atomic E-state index is -1.35. The quantitative estimate of drug-likeness (QED) is 0.271. The molecule has 0 aliphatic heterocycles. The molecule has 202 valence electrons. The van der Waals surface area contributed by atoms with Crippen LogP contribution in [-0.4, -0.2) is 46.5 Å². The summed E-state index contributed by atoms with van der Waals surface area (Å²) in [5, 5.41) is 23.3. The van der Waals surface area contributed by atoms with Gasteiger partial charge in [-0.2, -0.15) is 5.26 Å². The second-order valence-corrected chi connectivity index (χ2v) is 10.0. The average molecular weight is 522 g/mol. The highest BCUT2D eigenvalue weighted by molar-refractivity contribution is 5.93. The maximum absolute atomic E-state index is 13.0. The molecule has 0 aliphatic rings. The van der Waals surface area contributed by atoms with Crippen molar-refractivity contribution in [1.82, 2.24) is 10.6 Å². The van der Waals surface area contributed by atoms with Crippen molar-refractivity contribution in [2.24, 2.45) is 0 Å². The third-order valence-corrected chi connectivity index (χ3v) is 5.52. The Hall–Kier alpha value is -4.19. The molecule has 0 bridgehead atoms. The topological polar surface area (TPSA) is 146 Å². The zero-order valence-electron chi connectivity index (χ0n) is 22.0. The van der Waals surface area contributed by atoms with E-state index in [9.17, 15) is 24.3 Å². The number of nitriles is 1. The van der Waals surface area contributed by atoms with Crippen molar-refractivity contribution in [3.63, 3.8) is 0 Å². The van der Waals surface area contributed by atoms with E-state index in [0.717, 1.165) is 17.5 Å². The monoisotopic (exact) mass is 521 g/mol. The van der Waals surface area contributed by atoms with E-state index in [4.69, 9.17) is 10.00 Å². The fraction of sp³-hybridized carbons (Fsp3) is 0.414. The van der Waals surface area contributed by atoms with Gasteiger partial charge in [-0.3, -0.25) is 14.4 Å². The fourth-order valence-corrected chi connectivity index (χ4v) is 3.70. The smallest absolute Gasteiger partial charge is 0.329 e. The van der Waals surface area contributed by atoms with Crippen molar-refractivity contribution in [1.29, 1.82) is 5.26 Å². The van der Waals surface area contributed by atoms with Crippen molar-refractivity contribution in [3.8, 4) is 6.07 Å². The molecule has 0 spiro atoms. The molecule has 3 N–H and O–H groups in total. The van der Waals surface area contributed by atoms with E-state index in [1.54, 1.807) is 57.2 Å². The van der Waals surface area contributed by atoms with Gasteiger partial charge in [0.1, 0.15) is 17.7 Å². The number of carbonyl (C=O) groups excluding carboxylic acids is 3. The third-order valence-electron chi connectivity index (χ3n) is 5.52. The summed E-state index contributed by atoms with van der Waals surface area (Å²) in [6, 6.07) is 15.9. The molecular formula is C29H35N3O6. The zero-order chi connectivity index (χ0) is 28.1. The molecule has 2 rings (SSSR count). The molecule has 0 heterocycles. The van der Waals surface area contributed by atoms with Crippen molar-refractivity contribution in [3.05, 3.63) is 71.3 Å². The van der Waals surface area contributed by atoms with Crippen LogP contribution < -0.4 is 10.6 Å². The number of carboxylic acids is 1. The number of unbranched alkanes of at least 4 members (excludes halogenated alkanes) is 1. The Balaban J connectivity index is 1.99. The summed E-state index contributed by atoms with van der Waals surface area (Å²) in [5.41, 5.74) is 1.61. The third kappa shape index (κ3) is 11.2. The van der Waals surface area contributed by atoms with Crippen LogP contribution in [-0.2, 0) is 36.8 Å². The number of aryl methyl sites for hydroxylation is 1. The van der Waals surface area contributed by atoms with Crippen molar-refractivity contribution < 1.29 is 29.0 Å². The molecule has 0 aromatic heterocycles. The van der Waals surface area contributed by atoms with Crippen molar-refractivity contribution in [2.45, 2.75) is 77.0 Å². The second-order valence-electron chi connectivity index (χ2n) is 10.0. The van der Waals surface area contributed by atoms with Crippen LogP contribution in [0.3, 0.4) is 0 Å². The minimum absolute atomic E-state index is 0.110. The lowest BCUT2D eigenvalue weighted by molar-refractivity contribution is -0.158. The number of ether oxygens (including phenoxy) is 1. The maximum atomic E-state index is 13.0. The number of carboxylic acid groups (broad SMARTS) is 1. The van der Waals surface area contributed by atoms with Crippen LogP contribution in [0.4, 0.5) is 0 Å². The first-order chi connectivity index (χ1) is 18.0. The van der Waals surface area contributed by atoms with E-state index in [2.05, 4.69) is 16.7 Å². The Morgan fingerprint density at radius 3 is 2.16 bits per heavy atom. The molecule has 2 aromatic rings. The van der Waals surface area contributed by atoms with Gasteiger partial charge in [-0.25, -0.2) is 4.79 Å². The van der Waals surface area contributed by atoms with E-state index in [0.29, 0.717) is 18.4 Å². The normalized spacial score (nSPS) is 12.5. The first-order valence-corrected chi connectivity index (χ1v) is 12.5. The van der Waals surface area contributed by atoms with Gasteiger partial charge in [0.2, 0.25) is 11.8 Å². The lowest BCUT2D eigenvalue weighted by atomic mass is 10.0. The molecule has 0 unspecified atom stereocenters. The Bertz CT molecular complexity index is 1130. The first kappa shape index (κ1) is 30.0. The molecule has 0 fully saturated rings. The number of carbonyl (C=O) groups is 4. The van der Waals surface area contributed by atoms with Gasteiger partial charge in [0, 0.05) is 12.8 Å². The van der Waals surface area contributed by atoms with Crippen LogP contribution in [0.15, 0.2) is 54.6 Å². The van der Waals surface area contributed by atoms with Gasteiger partial charge in [-0.15, -0.1) is 0 Å². The van der Waals surface area contributed by atoms with Crippen molar-refractivity contribution in [2.75, 3.05) is 0 Å². The Kier molecular flexibility index (Phi) is 11.5. The lowest BCUT2D eigenvalue weighted by Crippen LogP contribution is -2.53. The van der Waals surface area contributed by atoms with Gasteiger partial charge in [0.25, 0.3) is 0 Å². The molecule has 2 atom stereocenters. The number of rotatable bonds is 13. The fourth-order valence-electron chi connectivity index (χ4n) is 3.70. The van der Waals surface area contributed by atoms with Crippen LogP contribution in [0.1, 0.15) is 63.1 Å². The number of nitrogens with one attached hydrogen (secondary N) is 2. The highest BCUT2D eigenvalue weighted by Crippen LogP contribution is 2.13. The Labute approximate surface area is 223 Å². The Morgan fingerprint density at radius 2 is 1.58 bits per heavy atom. The second kappa shape index (κ2) is 14.5. The van der Waals surface area contributed by atoms with E-state index >= 15 is 0 Å². The summed E-state index contributed by atoms with van der Waals surface area (Å²) >= 11 is 0. The number of benzene rings is 2. The highest BCUT2D eigenvalue weighted by atomic mass is 16.6. The first-order valence-electron chi connectivity index (χ1n) is 12.5. The van der Waals surface area contributed by atoms with Gasteiger partial charge in [-0.1, -0.05) is 42.5 Å². The number of aliphatic carboxylic acids is 1. The van der Waals surface area contributed by atoms with E-state index in [1.165, 1.54) is 0 Å². The molecule has 9 nitrogen and oxygen atoms in total. The van der Waals surface area contributed by atoms with Crippen molar-refractivity contribution >= 4 is 23.8 Å². The van der Waals surface area contributed by atoms with E-state index in [1.807, 2.05) is 18.2 Å². The highest BCUT2D eigenvalue weighted by Gasteiger charge is 2.31. The Morgan fingerprint density at radius 1 is 0.921 bits per heavy atom. The number of nitrogens with zero attached hydrogens (tertiary/aromatic N) is 1. The summed E-state index contributed by atoms with van der Waals surface area (Å²) < 4.78 is 5.46. The SMILES string of the molecule is CC(C)(C)OC(=O)[C@H](Cc1ccccc1)NC(=O)[C@H](CC(=O)O)NC(=O)CCCCc1ccc(C#N)cc1. The minimum Gasteiger partial charge on any atom is -0.481 e. The van der Waals surface area contributed by atoms with Gasteiger partial charge >= 0.3 is 11.9 Å². The molecule has 2 amide bonds. The molecule has 38 heavy (non-hydrogen) atoms. The van der Waals surface area contributed by atoms with E-state index in [-0.39, 0.29) is 12.8 Å². The molecule has 0 radical (unpaired) electrons. The van der Waals surface area contributed by atoms with Gasteiger partial charge in [-0.05, 0) is 63.3 Å². The predicted molar refractivity (Wildman–Crippen MR) is 141 cm³/mol. The molecule has 2 aromatic carbocycles. The summed E-state index contributed by atoms with van der Waals surface area (Å²) in [7, 11) is 0. The van der Waals surface area contributed by atoms with Crippen LogP contribution in [0.25, 0.3) is 0 Å². The summed E-state index contributed by atoms with van der Waals surface area (Å²) in [4.78, 5) is 49.8. The number of amides is 2. The van der Waals surface area contributed by atoms with Crippen LogP contribution >= 0.6 is 0 Å². The average Bonchev–Trinajstić information content (AvgIpc) is 2.85. The predicted octanol–water partition coefficient (Wildman–Crippen LogP) is 3.30. The van der Waals surface area contributed by atoms with E-state index < -0.39 is 47.9 Å². The molecule has 0 saturated carbocycles. The number of hydrogen-bond donors (Lipinski definition) is 3. The zero-order valence-corrected chi connectivity index (χ0v) is 22.0. The molecular weight excluding hydrogens is 486 g/mol. The molecule has 0 saturated heterocycles. The standard InChI is InChI=1S/C29H35N3O6/c1-29(2,3)38-28(37)24(17-21-10-5-4-6-11-21)32-27(36)23(18-26(34)35)31-25(33)12-8-7-9-20-13-15-22(19-30)16-14-20/h4-6,10-11,13-16,23-24H,7-9,12,17-18H2,1-3H3,(H,31,33)(H,32,36)(H,34,35)/t23-,24-/m0/s1.